The first-order valence-electron chi connectivity index (χ1n) is 9.99. The largest absolute Gasteiger partial charge is 0.444 e. The topological polar surface area (TPSA) is 92.3 Å². The summed E-state index contributed by atoms with van der Waals surface area (Å²) >= 11 is 5.97. The highest BCUT2D eigenvalue weighted by atomic mass is 35.5. The van der Waals surface area contributed by atoms with Crippen LogP contribution in [0.1, 0.15) is 39.2 Å². The Labute approximate surface area is 188 Å². The second-order valence-corrected chi connectivity index (χ2v) is 8.68. The average Bonchev–Trinajstić information content (AvgIpc) is 2.66. The van der Waals surface area contributed by atoms with Gasteiger partial charge in [-0.3, -0.25) is 0 Å². The highest BCUT2D eigenvalue weighted by Crippen LogP contribution is 2.31. The summed E-state index contributed by atoms with van der Waals surface area (Å²) in [6, 6.07) is 4.66. The van der Waals surface area contributed by atoms with E-state index in [0.717, 1.165) is 12.1 Å². The molecule has 174 valence electrons. The molecule has 0 spiro atoms. The molecule has 1 saturated heterocycles. The molecule has 0 radical (unpaired) electrons. The summed E-state index contributed by atoms with van der Waals surface area (Å²) < 4.78 is 44.1. The number of halogens is 4. The van der Waals surface area contributed by atoms with E-state index >= 15 is 0 Å². The van der Waals surface area contributed by atoms with E-state index in [4.69, 9.17) is 16.3 Å². The summed E-state index contributed by atoms with van der Waals surface area (Å²) in [5.74, 6) is 0.202. The minimum Gasteiger partial charge on any atom is -0.444 e. The lowest BCUT2D eigenvalue weighted by Gasteiger charge is -2.33. The van der Waals surface area contributed by atoms with Crippen molar-refractivity contribution in [1.29, 1.82) is 0 Å². The SMILES string of the molecule is CC(C)(C)OC(=O)N1CCC(Nc2nc(Cl)nc(Nc3cccc(C(F)(F)F)c3)n2)CC1. The number of alkyl halides is 3. The van der Waals surface area contributed by atoms with Gasteiger partial charge in [-0.25, -0.2) is 4.79 Å². The Balaban J connectivity index is 1.62. The summed E-state index contributed by atoms with van der Waals surface area (Å²) in [6.45, 7) is 6.44. The van der Waals surface area contributed by atoms with Crippen molar-refractivity contribution in [3.63, 3.8) is 0 Å². The van der Waals surface area contributed by atoms with E-state index in [9.17, 15) is 18.0 Å². The van der Waals surface area contributed by atoms with Gasteiger partial charge in [0.2, 0.25) is 17.2 Å². The number of aromatic nitrogens is 3. The molecule has 2 aromatic rings. The van der Waals surface area contributed by atoms with Crippen molar-refractivity contribution in [2.75, 3.05) is 23.7 Å². The van der Waals surface area contributed by atoms with E-state index in [1.165, 1.54) is 12.1 Å². The number of nitrogens with one attached hydrogen (secondary N) is 2. The van der Waals surface area contributed by atoms with Gasteiger partial charge in [-0.1, -0.05) is 6.07 Å². The van der Waals surface area contributed by atoms with Crippen molar-refractivity contribution in [1.82, 2.24) is 19.9 Å². The highest BCUT2D eigenvalue weighted by Gasteiger charge is 2.30. The van der Waals surface area contributed by atoms with Crippen molar-refractivity contribution < 1.29 is 22.7 Å². The van der Waals surface area contributed by atoms with E-state index in [1.54, 1.807) is 4.90 Å². The zero-order chi connectivity index (χ0) is 23.5. The number of nitrogens with zero attached hydrogens (tertiary/aromatic N) is 4. The van der Waals surface area contributed by atoms with Gasteiger partial charge in [0.15, 0.2) is 0 Å². The fraction of sp³-hybridized carbons (Fsp3) is 0.500. The quantitative estimate of drug-likeness (QED) is 0.639. The number of anilines is 3. The van der Waals surface area contributed by atoms with Crippen LogP contribution >= 0.6 is 11.6 Å². The van der Waals surface area contributed by atoms with Crippen LogP contribution in [0.2, 0.25) is 5.28 Å². The molecular weight excluding hydrogens is 449 g/mol. The summed E-state index contributed by atoms with van der Waals surface area (Å²) in [7, 11) is 0. The molecule has 8 nitrogen and oxygen atoms in total. The molecule has 32 heavy (non-hydrogen) atoms. The van der Waals surface area contributed by atoms with Crippen molar-refractivity contribution >= 4 is 35.3 Å². The van der Waals surface area contributed by atoms with Crippen molar-refractivity contribution in [3.8, 4) is 0 Å². The minimum atomic E-state index is -4.46. The maximum Gasteiger partial charge on any atom is 0.416 e. The van der Waals surface area contributed by atoms with Crippen molar-refractivity contribution in [3.05, 3.63) is 35.1 Å². The lowest BCUT2D eigenvalue weighted by atomic mass is 10.1. The number of likely N-dealkylation sites (tertiary alicyclic amines) is 1. The molecule has 0 unspecified atom stereocenters. The molecule has 1 aromatic heterocycles. The average molecular weight is 473 g/mol. The van der Waals surface area contributed by atoms with Crippen molar-refractivity contribution in [2.45, 2.75) is 51.4 Å². The third-order valence-corrected chi connectivity index (χ3v) is 4.70. The Morgan fingerprint density at radius 2 is 1.78 bits per heavy atom. The van der Waals surface area contributed by atoms with Crippen LogP contribution in [-0.2, 0) is 10.9 Å². The Morgan fingerprint density at radius 1 is 1.12 bits per heavy atom. The van der Waals surface area contributed by atoms with Gasteiger partial charge in [0.25, 0.3) is 0 Å². The summed E-state index contributed by atoms with van der Waals surface area (Å²) in [5.41, 5.74) is -1.19. The summed E-state index contributed by atoms with van der Waals surface area (Å²) in [5, 5.41) is 5.76. The van der Waals surface area contributed by atoms with E-state index in [-0.39, 0.29) is 35.0 Å². The molecule has 1 fully saturated rings. The van der Waals surface area contributed by atoms with Crippen molar-refractivity contribution in [2.24, 2.45) is 0 Å². The standard InChI is InChI=1S/C20H24ClF3N6O2/c1-19(2,3)32-18(31)30-9-7-13(8-10-30)25-16-27-15(21)28-17(29-16)26-14-6-4-5-12(11-14)20(22,23)24/h4-6,11,13H,7-10H2,1-3H3,(H2,25,26,27,28,29). The van der Waals surface area contributed by atoms with Crippen LogP contribution < -0.4 is 10.6 Å². The predicted molar refractivity (Wildman–Crippen MR) is 114 cm³/mol. The first-order valence-corrected chi connectivity index (χ1v) is 10.4. The fourth-order valence-electron chi connectivity index (χ4n) is 3.09. The zero-order valence-corrected chi connectivity index (χ0v) is 18.6. The second-order valence-electron chi connectivity index (χ2n) is 8.34. The number of rotatable bonds is 4. The molecule has 3 rings (SSSR count). The van der Waals surface area contributed by atoms with Crippen LogP contribution in [0.25, 0.3) is 0 Å². The van der Waals surface area contributed by atoms with E-state index in [1.807, 2.05) is 20.8 Å². The van der Waals surface area contributed by atoms with Gasteiger partial charge in [-0.05, 0) is 63.4 Å². The van der Waals surface area contributed by atoms with Crippen LogP contribution in [0.15, 0.2) is 24.3 Å². The molecule has 2 heterocycles. The third-order valence-electron chi connectivity index (χ3n) is 4.53. The molecule has 0 aliphatic carbocycles. The van der Waals surface area contributed by atoms with Gasteiger partial charge in [0, 0.05) is 24.8 Å². The Bertz CT molecular complexity index is 959. The van der Waals surface area contributed by atoms with Crippen LogP contribution in [0, 0.1) is 0 Å². The highest BCUT2D eigenvalue weighted by molar-refractivity contribution is 6.28. The molecule has 2 N–H and O–H groups in total. The normalized spacial score (nSPS) is 15.4. The molecule has 1 aromatic carbocycles. The Hall–Kier alpha value is -2.82. The van der Waals surface area contributed by atoms with E-state index in [0.29, 0.717) is 25.9 Å². The molecule has 0 saturated carbocycles. The smallest absolute Gasteiger partial charge is 0.416 e. The van der Waals surface area contributed by atoms with Gasteiger partial charge in [-0.2, -0.15) is 28.1 Å². The number of ether oxygens (including phenoxy) is 1. The number of piperidine rings is 1. The Morgan fingerprint density at radius 3 is 2.41 bits per heavy atom. The van der Waals surface area contributed by atoms with E-state index in [2.05, 4.69) is 25.6 Å². The molecule has 1 aliphatic rings. The lowest BCUT2D eigenvalue weighted by molar-refractivity contribution is -0.137. The summed E-state index contributed by atoms with van der Waals surface area (Å²) in [6.07, 6.45) is -3.54. The number of hydrogen-bond acceptors (Lipinski definition) is 7. The minimum absolute atomic E-state index is 0.0121. The molecule has 0 bridgehead atoms. The molecule has 0 atom stereocenters. The van der Waals surface area contributed by atoms with Crippen LogP contribution in [0.5, 0.6) is 0 Å². The molecular formula is C20H24ClF3N6O2. The fourth-order valence-corrected chi connectivity index (χ4v) is 3.25. The monoisotopic (exact) mass is 472 g/mol. The van der Waals surface area contributed by atoms with Gasteiger partial charge >= 0.3 is 12.3 Å². The number of carbonyl (C=O) groups excluding carboxylic acids is 1. The molecule has 1 aliphatic heterocycles. The van der Waals surface area contributed by atoms with Crippen LogP contribution in [0.4, 0.5) is 35.5 Å². The van der Waals surface area contributed by atoms with Gasteiger partial charge in [0.1, 0.15) is 5.60 Å². The number of amides is 1. The van der Waals surface area contributed by atoms with Gasteiger partial charge in [-0.15, -0.1) is 0 Å². The van der Waals surface area contributed by atoms with Crippen LogP contribution in [0.3, 0.4) is 0 Å². The molecule has 12 heteroatoms. The van der Waals surface area contributed by atoms with Gasteiger partial charge in [0.05, 0.1) is 5.56 Å². The number of hydrogen-bond donors (Lipinski definition) is 2. The first-order chi connectivity index (χ1) is 14.9. The first kappa shape index (κ1) is 23.8. The number of carbonyl (C=O) groups is 1. The molecule has 1 amide bonds. The maximum atomic E-state index is 12.9. The van der Waals surface area contributed by atoms with E-state index < -0.39 is 17.3 Å². The van der Waals surface area contributed by atoms with Crippen LogP contribution in [-0.4, -0.2) is 50.7 Å². The van der Waals surface area contributed by atoms with Gasteiger partial charge < -0.3 is 20.3 Å². The Kier molecular flexibility index (Phi) is 6.97. The maximum absolute atomic E-state index is 12.9. The summed E-state index contributed by atoms with van der Waals surface area (Å²) in [4.78, 5) is 26.0. The third kappa shape index (κ3) is 6.84. The zero-order valence-electron chi connectivity index (χ0n) is 17.8. The predicted octanol–water partition coefficient (Wildman–Crippen LogP) is 5.10. The number of benzene rings is 1. The lowest BCUT2D eigenvalue weighted by Crippen LogP contribution is -2.44. The second kappa shape index (κ2) is 9.35.